The largest absolute Gasteiger partial charge is 0.392 e. The van der Waals surface area contributed by atoms with Crippen LogP contribution in [0.25, 0.3) is 11.4 Å². The summed E-state index contributed by atoms with van der Waals surface area (Å²) < 4.78 is 5.36. The topological polar surface area (TPSA) is 78.5 Å². The van der Waals surface area contributed by atoms with Crippen LogP contribution in [-0.2, 0) is 6.54 Å². The van der Waals surface area contributed by atoms with E-state index < -0.39 is 0 Å². The summed E-state index contributed by atoms with van der Waals surface area (Å²) in [5.41, 5.74) is 0.859. The van der Waals surface area contributed by atoms with Crippen molar-refractivity contribution in [1.29, 1.82) is 0 Å². The Morgan fingerprint density at radius 2 is 2.30 bits per heavy atom. The van der Waals surface area contributed by atoms with Crippen molar-refractivity contribution in [2.45, 2.75) is 32.5 Å². The maximum absolute atomic E-state index is 9.54. The van der Waals surface area contributed by atoms with Gasteiger partial charge < -0.3 is 9.63 Å². The number of nitrogens with zero attached hydrogens (tertiary/aromatic N) is 5. The van der Waals surface area contributed by atoms with Gasteiger partial charge >= 0.3 is 0 Å². The molecule has 1 fully saturated rings. The zero-order valence-electron chi connectivity index (χ0n) is 13.6. The minimum Gasteiger partial charge on any atom is -0.392 e. The van der Waals surface area contributed by atoms with Crippen LogP contribution in [0.5, 0.6) is 0 Å². The summed E-state index contributed by atoms with van der Waals surface area (Å²) in [6, 6.07) is 4.17. The first kappa shape index (κ1) is 16.0. The predicted molar refractivity (Wildman–Crippen MR) is 85.5 cm³/mol. The summed E-state index contributed by atoms with van der Waals surface area (Å²) in [6.45, 7) is 8.19. The molecule has 3 heterocycles. The Kier molecular flexibility index (Phi) is 5.00. The van der Waals surface area contributed by atoms with E-state index in [1.807, 2.05) is 19.1 Å². The summed E-state index contributed by atoms with van der Waals surface area (Å²) in [5.74, 6) is 1.20. The molecule has 0 aliphatic carbocycles. The molecule has 1 aliphatic heterocycles. The number of pyridine rings is 1. The Balaban J connectivity index is 1.58. The number of aromatic nitrogens is 3. The van der Waals surface area contributed by atoms with Crippen LogP contribution in [0, 0.1) is 0 Å². The van der Waals surface area contributed by atoms with Gasteiger partial charge in [-0.3, -0.25) is 14.8 Å². The molecule has 0 radical (unpaired) electrons. The normalized spacial score (nSPS) is 21.4. The van der Waals surface area contributed by atoms with Crippen LogP contribution in [0.15, 0.2) is 29.0 Å². The van der Waals surface area contributed by atoms with E-state index in [0.717, 1.165) is 31.7 Å². The number of aliphatic hydroxyl groups is 1. The molecule has 7 nitrogen and oxygen atoms in total. The first-order valence-electron chi connectivity index (χ1n) is 7.99. The van der Waals surface area contributed by atoms with Crippen LogP contribution in [0.4, 0.5) is 0 Å². The highest BCUT2D eigenvalue weighted by Gasteiger charge is 2.25. The molecule has 1 N–H and O–H groups in total. The molecule has 7 heteroatoms. The Bertz CT molecular complexity index is 616. The highest BCUT2D eigenvalue weighted by molar-refractivity contribution is 5.51. The van der Waals surface area contributed by atoms with Crippen molar-refractivity contribution in [3.05, 3.63) is 30.4 Å². The molecule has 23 heavy (non-hydrogen) atoms. The number of hydrogen-bond donors (Lipinski definition) is 1. The fourth-order valence-corrected chi connectivity index (χ4v) is 2.95. The number of rotatable bonds is 5. The first-order chi connectivity index (χ1) is 11.1. The third-order valence-electron chi connectivity index (χ3n) is 4.09. The van der Waals surface area contributed by atoms with E-state index in [4.69, 9.17) is 4.52 Å². The molecule has 2 aromatic rings. The van der Waals surface area contributed by atoms with Crippen LogP contribution >= 0.6 is 0 Å². The van der Waals surface area contributed by atoms with Gasteiger partial charge in [-0.05, 0) is 26.0 Å². The second kappa shape index (κ2) is 7.16. The van der Waals surface area contributed by atoms with Gasteiger partial charge in [-0.2, -0.15) is 4.98 Å². The molecule has 3 rings (SSSR count). The quantitative estimate of drug-likeness (QED) is 0.882. The number of piperazine rings is 1. The van der Waals surface area contributed by atoms with E-state index in [1.165, 1.54) is 0 Å². The first-order valence-corrected chi connectivity index (χ1v) is 7.99. The minimum atomic E-state index is -0.290. The summed E-state index contributed by atoms with van der Waals surface area (Å²) in [7, 11) is 0. The molecule has 0 saturated carbocycles. The summed E-state index contributed by atoms with van der Waals surface area (Å²) in [6.07, 6.45) is 3.16. The summed E-state index contributed by atoms with van der Waals surface area (Å²) in [4.78, 5) is 13.1. The average Bonchev–Trinajstić information content (AvgIpc) is 2.99. The minimum absolute atomic E-state index is 0.290. The van der Waals surface area contributed by atoms with Crippen molar-refractivity contribution in [3.8, 4) is 11.4 Å². The van der Waals surface area contributed by atoms with E-state index in [1.54, 1.807) is 12.4 Å². The van der Waals surface area contributed by atoms with E-state index in [9.17, 15) is 5.11 Å². The van der Waals surface area contributed by atoms with Crippen LogP contribution < -0.4 is 0 Å². The van der Waals surface area contributed by atoms with Crippen molar-refractivity contribution in [2.24, 2.45) is 0 Å². The van der Waals surface area contributed by atoms with Gasteiger partial charge in [0, 0.05) is 50.2 Å². The van der Waals surface area contributed by atoms with E-state index in [-0.39, 0.29) is 6.10 Å². The number of β-amino-alcohol motifs (C(OH)–C–C–N with tert-alkyl or cyclic N) is 1. The van der Waals surface area contributed by atoms with E-state index in [2.05, 4.69) is 31.8 Å². The third kappa shape index (κ3) is 4.13. The molecule has 2 aromatic heterocycles. The second-order valence-electron chi connectivity index (χ2n) is 6.18. The molecule has 0 unspecified atom stereocenters. The van der Waals surface area contributed by atoms with Gasteiger partial charge in [0.25, 0.3) is 0 Å². The van der Waals surface area contributed by atoms with E-state index >= 15 is 0 Å². The van der Waals surface area contributed by atoms with Crippen LogP contribution in [0.3, 0.4) is 0 Å². The van der Waals surface area contributed by atoms with Gasteiger partial charge in [0.15, 0.2) is 0 Å². The van der Waals surface area contributed by atoms with Gasteiger partial charge in [-0.15, -0.1) is 0 Å². The monoisotopic (exact) mass is 317 g/mol. The molecular weight excluding hydrogens is 294 g/mol. The Hall–Kier alpha value is -1.83. The number of aliphatic hydroxyl groups excluding tert-OH is 1. The predicted octanol–water partition coefficient (Wildman–Crippen LogP) is 1.02. The Morgan fingerprint density at radius 1 is 1.43 bits per heavy atom. The maximum Gasteiger partial charge on any atom is 0.241 e. The van der Waals surface area contributed by atoms with Crippen molar-refractivity contribution < 1.29 is 9.63 Å². The van der Waals surface area contributed by atoms with Gasteiger partial charge in [-0.25, -0.2) is 0 Å². The zero-order valence-corrected chi connectivity index (χ0v) is 13.6. The molecule has 0 aromatic carbocycles. The highest BCUT2D eigenvalue weighted by atomic mass is 16.5. The molecule has 0 spiro atoms. The standard InChI is InChI=1S/C16H23N5O2/c1-12-9-20(6-7-21(12)10-13(2)22)11-15-18-16(19-23-15)14-4-3-5-17-8-14/h3-5,8,12-13,22H,6-7,9-11H2,1-2H3/t12-,13-/m1/s1. The zero-order chi connectivity index (χ0) is 16.2. The molecule has 1 saturated heterocycles. The van der Waals surface area contributed by atoms with Crippen molar-refractivity contribution in [1.82, 2.24) is 24.9 Å². The molecular formula is C16H23N5O2. The molecule has 0 bridgehead atoms. The van der Waals surface area contributed by atoms with Gasteiger partial charge in [0.05, 0.1) is 12.6 Å². The highest BCUT2D eigenvalue weighted by Crippen LogP contribution is 2.16. The van der Waals surface area contributed by atoms with Gasteiger partial charge in [0.2, 0.25) is 11.7 Å². The van der Waals surface area contributed by atoms with Crippen molar-refractivity contribution >= 4 is 0 Å². The Labute approximate surface area is 135 Å². The lowest BCUT2D eigenvalue weighted by Gasteiger charge is -2.39. The maximum atomic E-state index is 9.54. The average molecular weight is 317 g/mol. The molecule has 2 atom stereocenters. The lowest BCUT2D eigenvalue weighted by molar-refractivity contribution is 0.0385. The fraction of sp³-hybridized carbons (Fsp3) is 0.562. The summed E-state index contributed by atoms with van der Waals surface area (Å²) in [5, 5.41) is 13.6. The Morgan fingerprint density at radius 3 is 3.00 bits per heavy atom. The second-order valence-corrected chi connectivity index (χ2v) is 6.18. The number of hydrogen-bond acceptors (Lipinski definition) is 7. The fourth-order valence-electron chi connectivity index (χ4n) is 2.95. The van der Waals surface area contributed by atoms with Crippen molar-refractivity contribution in [2.75, 3.05) is 26.2 Å². The van der Waals surface area contributed by atoms with Crippen molar-refractivity contribution in [3.63, 3.8) is 0 Å². The van der Waals surface area contributed by atoms with Crippen LogP contribution in [0.1, 0.15) is 19.7 Å². The summed E-state index contributed by atoms with van der Waals surface area (Å²) >= 11 is 0. The third-order valence-corrected chi connectivity index (χ3v) is 4.09. The molecule has 0 amide bonds. The smallest absolute Gasteiger partial charge is 0.241 e. The molecule has 1 aliphatic rings. The molecule has 124 valence electrons. The van der Waals surface area contributed by atoms with E-state index in [0.29, 0.717) is 24.3 Å². The van der Waals surface area contributed by atoms with Gasteiger partial charge in [0.1, 0.15) is 0 Å². The van der Waals surface area contributed by atoms with Crippen LogP contribution in [-0.4, -0.2) is 68.4 Å². The lowest BCUT2D eigenvalue weighted by atomic mass is 10.1. The SMILES string of the molecule is C[C@@H]1CN(Cc2nc(-c3cccnc3)no2)CCN1C[C@@H](C)O. The lowest BCUT2D eigenvalue weighted by Crippen LogP contribution is -2.53. The van der Waals surface area contributed by atoms with Crippen LogP contribution in [0.2, 0.25) is 0 Å². The van der Waals surface area contributed by atoms with Gasteiger partial charge in [-0.1, -0.05) is 5.16 Å².